The van der Waals surface area contributed by atoms with Crippen molar-refractivity contribution >= 4 is 69.9 Å². The number of halogens is 3. The highest BCUT2D eigenvalue weighted by molar-refractivity contribution is 6.12. The lowest BCUT2D eigenvalue weighted by Crippen LogP contribution is -2.54. The van der Waals surface area contributed by atoms with Gasteiger partial charge in [0, 0.05) is 47.4 Å². The third kappa shape index (κ3) is 21.9. The number of aromatic carboxylic acids is 1. The van der Waals surface area contributed by atoms with Gasteiger partial charge in [-0.05, 0) is 85.0 Å². The fourth-order valence-electron chi connectivity index (χ4n) is 8.93. The summed E-state index contributed by atoms with van der Waals surface area (Å²) >= 11 is 0. The molecule has 3 aromatic heterocycles. The Balaban J connectivity index is 0.825. The first-order valence-corrected chi connectivity index (χ1v) is 29.2. The maximum atomic E-state index is 14.1. The molecule has 0 bridgehead atoms. The number of nitrogens with zero attached hydrogens (tertiary/aromatic N) is 4. The van der Waals surface area contributed by atoms with Crippen molar-refractivity contribution in [3.05, 3.63) is 132 Å². The minimum atomic E-state index is -2.85. The topological polar surface area (TPSA) is 368 Å². The van der Waals surface area contributed by atoms with Crippen molar-refractivity contribution in [2.24, 2.45) is 11.7 Å². The summed E-state index contributed by atoms with van der Waals surface area (Å²) in [6.07, 6.45) is 0.633. The van der Waals surface area contributed by atoms with Gasteiger partial charge < -0.3 is 76.1 Å². The van der Waals surface area contributed by atoms with E-state index in [9.17, 15) is 56.6 Å². The smallest absolute Gasteiger partial charge is 0.407 e. The summed E-state index contributed by atoms with van der Waals surface area (Å²) in [7, 11) is 0. The molecule has 0 aliphatic carbocycles. The van der Waals surface area contributed by atoms with Crippen molar-refractivity contribution in [3.8, 4) is 28.4 Å². The third-order valence-electron chi connectivity index (χ3n) is 13.6. The van der Waals surface area contributed by atoms with E-state index in [0.29, 0.717) is 63.9 Å². The van der Waals surface area contributed by atoms with Gasteiger partial charge in [-0.3, -0.25) is 33.9 Å². The summed E-state index contributed by atoms with van der Waals surface area (Å²) in [5.41, 5.74) is 7.47. The van der Waals surface area contributed by atoms with Crippen molar-refractivity contribution in [1.82, 2.24) is 46.1 Å². The van der Waals surface area contributed by atoms with Crippen LogP contribution in [0.25, 0.3) is 33.5 Å². The van der Waals surface area contributed by atoms with E-state index in [1.54, 1.807) is 62.4 Å². The summed E-state index contributed by atoms with van der Waals surface area (Å²) < 4.78 is 74.7. The molecule has 10 N–H and O–H groups in total. The van der Waals surface area contributed by atoms with Gasteiger partial charge in [-0.2, -0.15) is 0 Å². The van der Waals surface area contributed by atoms with E-state index < -0.39 is 71.4 Å². The van der Waals surface area contributed by atoms with Crippen LogP contribution < -0.4 is 42.4 Å². The van der Waals surface area contributed by atoms with Gasteiger partial charge in [-0.1, -0.05) is 38.1 Å². The largest absolute Gasteiger partial charge is 0.490 e. The lowest BCUT2D eigenvalue weighted by Gasteiger charge is -2.25. The Morgan fingerprint density at radius 2 is 1.45 bits per heavy atom. The molecule has 4 heterocycles. The number of amides is 8. The van der Waals surface area contributed by atoms with Crippen LogP contribution in [0.5, 0.6) is 5.75 Å². The van der Waals surface area contributed by atoms with E-state index in [4.69, 9.17) is 34.2 Å². The fraction of sp³-hybridized carbons (Fsp3) is 0.371. The molecular weight excluding hydrogens is 1210 g/mol. The Hall–Kier alpha value is -10.0. The molecule has 3 aromatic carbocycles. The molecule has 490 valence electrons. The Morgan fingerprint density at radius 3 is 2.13 bits per heavy atom. The van der Waals surface area contributed by atoms with Gasteiger partial charge in [-0.15, -0.1) is 0 Å². The number of urea groups is 1. The fourth-order valence-corrected chi connectivity index (χ4v) is 8.93. The van der Waals surface area contributed by atoms with Gasteiger partial charge in [0.25, 0.3) is 18.2 Å². The number of carboxylic acids is 1. The third-order valence-corrected chi connectivity index (χ3v) is 13.6. The number of carbonyl (C=O) groups excluding carboxylic acids is 7. The molecule has 1 aliphatic rings. The summed E-state index contributed by atoms with van der Waals surface area (Å²) in [4.78, 5) is 117. The molecule has 0 radical (unpaired) electrons. The number of alkyl carbamates (subject to hydrolysis) is 1. The van der Waals surface area contributed by atoms with E-state index in [-0.39, 0.29) is 127 Å². The first-order chi connectivity index (χ1) is 44.3. The zero-order chi connectivity index (χ0) is 65.9. The Morgan fingerprint density at radius 1 is 0.750 bits per heavy atom. The lowest BCUT2D eigenvalue weighted by molar-refractivity contribution is -0.137. The van der Waals surface area contributed by atoms with Crippen LogP contribution in [0, 0.1) is 11.7 Å². The van der Waals surface area contributed by atoms with Gasteiger partial charge in [0.1, 0.15) is 54.1 Å². The number of carbonyl (C=O) groups is 8. The zero-order valence-corrected chi connectivity index (χ0v) is 50.3. The molecular formula is C62H71F3N12O15. The number of benzene rings is 3. The van der Waals surface area contributed by atoms with Crippen LogP contribution in [0.1, 0.15) is 67.0 Å². The average Bonchev–Trinajstić information content (AvgIpc) is 1.56. The van der Waals surface area contributed by atoms with E-state index >= 15 is 0 Å². The zero-order valence-electron chi connectivity index (χ0n) is 50.3. The second-order valence-electron chi connectivity index (χ2n) is 20.8. The minimum Gasteiger partial charge on any atom is -0.490 e. The Labute approximate surface area is 525 Å². The maximum Gasteiger partial charge on any atom is 0.407 e. The number of imidazole rings is 1. The predicted molar refractivity (Wildman–Crippen MR) is 326 cm³/mol. The number of carboxylic acid groups (broad SMARTS) is 1. The molecule has 2 atom stereocenters. The second-order valence-corrected chi connectivity index (χ2v) is 20.8. The SMILES string of the molecule is CC(C)C(NC(=O)CCOCCOCCOCCOCCN1C(=O)C=CC1=O)C(=O)NC(CCCNC(N)=O)C(=O)Nc1ccc(COC(=O)NCCOc2cnc3ccc(-c4[nH]c(CNc5ccc(F)c(C(=O)O)c5)nc4-c4cccc(C(F)F)n4)cc3c2)cc1. The predicted octanol–water partition coefficient (Wildman–Crippen LogP) is 5.77. The standard InChI is InChI=1S/C62H71F3N12O15/c1-37(2)54(76-51(78)18-22-87-25-27-89-29-30-90-28-26-88-24-21-77-52(79)16-17-53(77)80)59(82)73-49(7-4-19-67-61(66)85)58(81)71-41-11-8-38(9-12-41)36-92-62(86)68-20-23-91-43-32-40-31-39(10-15-46(40)70-34-43)55-56(47-5-3-6-48(72-47)57(64)65)75-50(74-55)35-69-42-13-14-45(63)44(33-42)60(83)84/h3,5-6,8-17,31-34,37,49,54,57,69H,4,7,18-30,35-36H2,1-2H3,(H,68,86)(H,71,81)(H,73,82)(H,74,75)(H,76,78)(H,83,84)(H3,66,67,85). The normalized spacial score (nSPS) is 12.7. The first kappa shape index (κ1) is 69.4. The molecule has 92 heavy (non-hydrogen) atoms. The number of alkyl halides is 2. The molecule has 30 heteroatoms. The number of nitrogens with one attached hydrogen (secondary N) is 7. The van der Waals surface area contributed by atoms with Gasteiger partial charge >= 0.3 is 18.1 Å². The number of H-pyrrole nitrogens is 1. The van der Waals surface area contributed by atoms with Crippen LogP contribution in [-0.2, 0) is 60.8 Å². The van der Waals surface area contributed by atoms with E-state index in [1.807, 2.05) is 0 Å². The molecule has 1 aliphatic heterocycles. The maximum absolute atomic E-state index is 14.1. The van der Waals surface area contributed by atoms with E-state index in [2.05, 4.69) is 51.8 Å². The van der Waals surface area contributed by atoms with Gasteiger partial charge in [-0.25, -0.2) is 37.5 Å². The summed E-state index contributed by atoms with van der Waals surface area (Å²) in [5.74, 6) is -4.42. The van der Waals surface area contributed by atoms with E-state index in [0.717, 1.165) is 17.0 Å². The molecule has 0 spiro atoms. The first-order valence-electron chi connectivity index (χ1n) is 29.2. The van der Waals surface area contributed by atoms with Crippen molar-refractivity contribution in [3.63, 3.8) is 0 Å². The lowest BCUT2D eigenvalue weighted by atomic mass is 10.0. The van der Waals surface area contributed by atoms with Crippen LogP contribution in [0.2, 0.25) is 0 Å². The number of aromatic nitrogens is 4. The number of pyridine rings is 2. The van der Waals surface area contributed by atoms with Crippen LogP contribution in [0.15, 0.2) is 103 Å². The van der Waals surface area contributed by atoms with Gasteiger partial charge in [0.15, 0.2) is 0 Å². The summed E-state index contributed by atoms with van der Waals surface area (Å²) in [6, 6.07) is 18.3. The highest BCUT2D eigenvalue weighted by Crippen LogP contribution is 2.33. The minimum absolute atomic E-state index is 0.00778. The number of fused-ring (bicyclic) bond motifs is 1. The highest BCUT2D eigenvalue weighted by Gasteiger charge is 2.29. The monoisotopic (exact) mass is 1280 g/mol. The molecule has 6 aromatic rings. The van der Waals surface area contributed by atoms with Crippen molar-refractivity contribution < 1.29 is 85.1 Å². The van der Waals surface area contributed by atoms with Gasteiger partial charge in [0.2, 0.25) is 17.7 Å². The number of nitrogens with two attached hydrogens (primary N) is 1. The summed E-state index contributed by atoms with van der Waals surface area (Å²) in [6.45, 7) is 5.51. The van der Waals surface area contributed by atoms with Crippen LogP contribution in [-0.4, -0.2) is 169 Å². The molecule has 0 saturated heterocycles. The Kier molecular flexibility index (Phi) is 26.7. The number of hydrogen-bond acceptors (Lipinski definition) is 18. The number of hydrogen-bond donors (Lipinski definition) is 9. The molecule has 0 saturated carbocycles. The molecule has 7 rings (SSSR count). The molecule has 2 unspecified atom stereocenters. The van der Waals surface area contributed by atoms with Crippen LogP contribution in [0.3, 0.4) is 0 Å². The number of imide groups is 1. The molecule has 0 fully saturated rings. The number of aromatic amines is 1. The second kappa shape index (κ2) is 35.4. The van der Waals surface area contributed by atoms with E-state index in [1.165, 1.54) is 42.6 Å². The highest BCUT2D eigenvalue weighted by atomic mass is 19.3. The number of anilines is 2. The average molecular weight is 1280 g/mol. The molecule has 8 amide bonds. The van der Waals surface area contributed by atoms with Crippen molar-refractivity contribution in [1.29, 1.82) is 0 Å². The van der Waals surface area contributed by atoms with Gasteiger partial charge in [0.05, 0.1) is 101 Å². The van der Waals surface area contributed by atoms with Crippen molar-refractivity contribution in [2.45, 2.75) is 64.8 Å². The van der Waals surface area contributed by atoms with Crippen molar-refractivity contribution in [2.75, 3.05) is 89.7 Å². The number of ether oxygens (including phenoxy) is 6. The van der Waals surface area contributed by atoms with Crippen LogP contribution in [0.4, 0.5) is 34.1 Å². The number of rotatable bonds is 38. The summed E-state index contributed by atoms with van der Waals surface area (Å²) in [5, 5.41) is 26.3. The van der Waals surface area contributed by atoms with Crippen LogP contribution >= 0.6 is 0 Å². The Bertz CT molecular complexity index is 3540. The molecule has 27 nitrogen and oxygen atoms in total. The quantitative estimate of drug-likeness (QED) is 0.0164. The number of primary amides is 1.